The zero-order chi connectivity index (χ0) is 35.1. The van der Waals surface area contributed by atoms with Gasteiger partial charge in [0.2, 0.25) is 0 Å². The van der Waals surface area contributed by atoms with E-state index in [4.69, 9.17) is 90.6 Å². The van der Waals surface area contributed by atoms with Gasteiger partial charge in [-0.1, -0.05) is 69.6 Å². The number of nitrogens with zero attached hydrogens (tertiary/aromatic N) is 2. The van der Waals surface area contributed by atoms with E-state index in [1.807, 2.05) is 72.8 Å². The SMILES string of the molecule is Clc1ccc([PH+](c2ccc(Cl)cc2)c2ccc(Cl)cc2)cc1.Clc1ccc([PH+](c2ccc(Cl)cc2)c2ccc(Cl)cc2)cc1.[Fe].[N]=O.[N]=O. The molecule has 0 atom stereocenters. The van der Waals surface area contributed by atoms with Crippen molar-refractivity contribution in [1.29, 1.82) is 0 Å². The van der Waals surface area contributed by atoms with Gasteiger partial charge >= 0.3 is 0 Å². The van der Waals surface area contributed by atoms with E-state index in [0.717, 1.165) is 30.1 Å². The Morgan fingerprint density at radius 3 is 0.469 bits per heavy atom. The van der Waals surface area contributed by atoms with E-state index in [-0.39, 0.29) is 17.1 Å². The van der Waals surface area contributed by atoms with Gasteiger partial charge in [-0.25, -0.2) is 0 Å². The molecule has 6 rings (SSSR count). The van der Waals surface area contributed by atoms with Crippen molar-refractivity contribution in [1.82, 2.24) is 11.2 Å². The van der Waals surface area contributed by atoms with Crippen molar-refractivity contribution >= 4 is 117 Å². The summed E-state index contributed by atoms with van der Waals surface area (Å²) in [5.41, 5.74) is 11.5. The summed E-state index contributed by atoms with van der Waals surface area (Å²) in [6, 6.07) is 48.4. The number of benzene rings is 6. The number of halogens is 6. The first kappa shape index (κ1) is 42.8. The molecule has 0 unspecified atom stereocenters. The first-order chi connectivity index (χ1) is 23.3. The average Bonchev–Trinajstić information content (AvgIpc) is 3.12. The molecule has 13 heteroatoms. The quantitative estimate of drug-likeness (QED) is 0.124. The van der Waals surface area contributed by atoms with Crippen LogP contribution < -0.4 is 43.0 Å². The van der Waals surface area contributed by atoms with Crippen molar-refractivity contribution in [2.24, 2.45) is 0 Å². The second-order valence-corrected chi connectivity index (χ2v) is 17.4. The van der Waals surface area contributed by atoms with Crippen LogP contribution in [0.4, 0.5) is 0 Å². The molecular formula is C36H26Cl6FeN2O2P2+2. The van der Waals surface area contributed by atoms with Crippen LogP contribution in [0.25, 0.3) is 0 Å². The molecule has 6 aromatic rings. The molecule has 2 radical (unpaired) electrons. The number of nitroso groups, excluding NO2 is 2. The summed E-state index contributed by atoms with van der Waals surface area (Å²) in [4.78, 5) is 14.5. The van der Waals surface area contributed by atoms with E-state index >= 15 is 0 Å². The van der Waals surface area contributed by atoms with Crippen LogP contribution in [0.5, 0.6) is 0 Å². The maximum absolute atomic E-state index is 7.25. The van der Waals surface area contributed by atoms with Crippen LogP contribution in [0.2, 0.25) is 30.1 Å². The molecule has 250 valence electrons. The Bertz CT molecular complexity index is 1480. The van der Waals surface area contributed by atoms with E-state index in [9.17, 15) is 0 Å². The summed E-state index contributed by atoms with van der Waals surface area (Å²) in [5, 5.41) is 12.1. The predicted molar refractivity (Wildman–Crippen MR) is 214 cm³/mol. The zero-order valence-electron chi connectivity index (χ0n) is 25.2. The molecule has 0 aliphatic carbocycles. The molecule has 0 saturated carbocycles. The first-order valence-corrected chi connectivity index (χ1v) is 19.2. The summed E-state index contributed by atoms with van der Waals surface area (Å²) in [7, 11) is -2.21. The molecule has 0 N–H and O–H groups in total. The van der Waals surface area contributed by atoms with Gasteiger partial charge in [-0.15, -0.1) is 9.81 Å². The van der Waals surface area contributed by atoms with Gasteiger partial charge in [-0.2, -0.15) is 0 Å². The van der Waals surface area contributed by atoms with Crippen LogP contribution in [-0.2, 0) is 17.1 Å². The van der Waals surface area contributed by atoms with Gasteiger partial charge in [-0.05, 0) is 146 Å². The molecule has 0 saturated heterocycles. The molecule has 4 nitrogen and oxygen atoms in total. The first-order valence-electron chi connectivity index (χ1n) is 13.9. The van der Waals surface area contributed by atoms with Crippen molar-refractivity contribution in [3.8, 4) is 0 Å². The van der Waals surface area contributed by atoms with Gasteiger partial charge in [0.1, 0.15) is 43.0 Å². The number of hydrogen-bond donors (Lipinski definition) is 0. The summed E-state index contributed by atoms with van der Waals surface area (Å²) in [6.07, 6.45) is 0. The predicted octanol–water partition coefficient (Wildman–Crippen LogP) is 9.38. The second kappa shape index (κ2) is 22.5. The summed E-state index contributed by atoms with van der Waals surface area (Å²) in [6.45, 7) is 0. The topological polar surface area (TPSA) is 78.7 Å². The fourth-order valence-corrected chi connectivity index (χ4v) is 10.5. The van der Waals surface area contributed by atoms with Gasteiger partial charge < -0.3 is 0 Å². The van der Waals surface area contributed by atoms with Gasteiger partial charge in [-0.3, -0.25) is 0 Å². The van der Waals surface area contributed by atoms with E-state index in [1.54, 1.807) is 0 Å². The zero-order valence-corrected chi connectivity index (χ0v) is 32.8. The third-order valence-corrected chi connectivity index (χ3v) is 13.8. The molecule has 0 amide bonds. The Morgan fingerprint density at radius 1 is 0.265 bits per heavy atom. The minimum atomic E-state index is -1.10. The molecule has 0 aromatic heterocycles. The number of rotatable bonds is 6. The maximum Gasteiger partial charge on any atom is 0.120 e. The van der Waals surface area contributed by atoms with Crippen LogP contribution in [0, 0.1) is 9.81 Å². The third-order valence-electron chi connectivity index (χ3n) is 6.80. The van der Waals surface area contributed by atoms with Gasteiger partial charge in [0.05, 0.1) is 15.8 Å². The molecule has 0 bridgehead atoms. The monoisotopic (exact) mass is 846 g/mol. The van der Waals surface area contributed by atoms with Crippen LogP contribution in [0.15, 0.2) is 146 Å². The van der Waals surface area contributed by atoms with Crippen LogP contribution in [-0.4, -0.2) is 0 Å². The Kier molecular flexibility index (Phi) is 19.6. The molecule has 0 fully saturated rings. The fourth-order valence-electron chi connectivity index (χ4n) is 4.70. The van der Waals surface area contributed by atoms with Crippen molar-refractivity contribution in [3.63, 3.8) is 0 Å². The van der Waals surface area contributed by atoms with E-state index in [1.165, 1.54) is 31.8 Å². The fraction of sp³-hybridized carbons (Fsp3) is 0. The summed E-state index contributed by atoms with van der Waals surface area (Å²) < 4.78 is 0. The third kappa shape index (κ3) is 13.0. The maximum atomic E-state index is 7.25. The molecule has 49 heavy (non-hydrogen) atoms. The van der Waals surface area contributed by atoms with Gasteiger partial charge in [0, 0.05) is 47.2 Å². The number of hydrogen-bond acceptors (Lipinski definition) is 2. The second-order valence-electron chi connectivity index (χ2n) is 9.79. The van der Waals surface area contributed by atoms with E-state index < -0.39 is 15.8 Å². The average molecular weight is 849 g/mol. The van der Waals surface area contributed by atoms with Crippen LogP contribution in [0.3, 0.4) is 0 Å². The molecule has 6 aromatic carbocycles. The minimum absolute atomic E-state index is 0. The summed E-state index contributed by atoms with van der Waals surface area (Å²) >= 11 is 36.2. The summed E-state index contributed by atoms with van der Waals surface area (Å²) in [5.74, 6) is 0. The Balaban J connectivity index is 0.000000303. The smallest absolute Gasteiger partial charge is 0.120 e. The molecule has 0 aliphatic heterocycles. The largest absolute Gasteiger partial charge is 0.120 e. The molecule has 0 heterocycles. The van der Waals surface area contributed by atoms with E-state index in [0.29, 0.717) is 0 Å². The van der Waals surface area contributed by atoms with E-state index in [2.05, 4.69) is 72.8 Å². The van der Waals surface area contributed by atoms with Gasteiger partial charge in [0.15, 0.2) is 0 Å². The van der Waals surface area contributed by atoms with Crippen molar-refractivity contribution in [3.05, 3.63) is 186 Å². The molecular weight excluding hydrogens is 823 g/mol. The Morgan fingerprint density at radius 2 is 0.367 bits per heavy atom. The molecule has 0 aliphatic rings. The van der Waals surface area contributed by atoms with Crippen LogP contribution >= 0.6 is 85.4 Å². The molecule has 0 spiro atoms. The Hall–Kier alpha value is -2.36. The van der Waals surface area contributed by atoms with Crippen LogP contribution in [0.1, 0.15) is 0 Å². The van der Waals surface area contributed by atoms with Gasteiger partial charge in [0.25, 0.3) is 0 Å². The minimum Gasteiger partial charge on any atom is -0.120 e. The standard InChI is InChI=1S/2C18H12Cl3P.Fe.2NO/c2*19-13-1-7-16(8-2-13)22(17-9-3-14(20)4-10-17)18-11-5-15(21)6-12-18;;2*1-2/h2*1-12H;;;/p+2. The Labute approximate surface area is 328 Å². The van der Waals surface area contributed by atoms with Crippen molar-refractivity contribution in [2.75, 3.05) is 0 Å². The van der Waals surface area contributed by atoms with Crippen molar-refractivity contribution in [2.45, 2.75) is 0 Å². The van der Waals surface area contributed by atoms with Crippen molar-refractivity contribution < 1.29 is 17.1 Å². The normalized spacial score (nSPS) is 9.96.